The van der Waals surface area contributed by atoms with Crippen molar-refractivity contribution in [3.63, 3.8) is 0 Å². The molecule has 2 heterocycles. The highest BCUT2D eigenvalue weighted by Gasteiger charge is 2.49. The number of halogens is 1. The van der Waals surface area contributed by atoms with Crippen LogP contribution in [-0.4, -0.2) is 27.8 Å². The third kappa shape index (κ3) is 2.27. The van der Waals surface area contributed by atoms with Gasteiger partial charge in [-0.15, -0.1) is 0 Å². The number of hydrogen-bond acceptors (Lipinski definition) is 5. The van der Waals surface area contributed by atoms with Crippen molar-refractivity contribution in [3.05, 3.63) is 64.4 Å². The third-order valence-electron chi connectivity index (χ3n) is 4.23. The van der Waals surface area contributed by atoms with Crippen molar-refractivity contribution in [1.29, 1.82) is 0 Å². The first-order valence-electron chi connectivity index (χ1n) is 7.37. The maximum Gasteiger partial charge on any atom is 0.336 e. The smallest absolute Gasteiger partial charge is 0.329 e. The molecule has 4 rings (SSSR count). The summed E-state index contributed by atoms with van der Waals surface area (Å²) in [5, 5.41) is 1.02. The van der Waals surface area contributed by atoms with E-state index in [9.17, 15) is 14.4 Å². The van der Waals surface area contributed by atoms with Crippen molar-refractivity contribution in [1.82, 2.24) is 10.0 Å². The molecular weight excluding hydrogens is 332 g/mol. The molecule has 120 valence electrons. The Hall–Kier alpha value is -2.73. The Balaban J connectivity index is 1.48. The molecule has 0 spiro atoms. The number of rotatable bonds is 3. The molecule has 0 bridgehead atoms. The first-order chi connectivity index (χ1) is 11.6. The number of fused-ring (bicyclic) bond motifs is 1. The average molecular weight is 343 g/mol. The Morgan fingerprint density at radius 2 is 1.83 bits per heavy atom. The molecule has 1 aliphatic heterocycles. The fraction of sp³-hybridized carbons (Fsp3) is 0.176. The topological polar surface area (TPSA) is 76.6 Å². The lowest BCUT2D eigenvalue weighted by Crippen LogP contribution is -2.33. The maximum absolute atomic E-state index is 12.3. The van der Waals surface area contributed by atoms with Crippen LogP contribution in [0.4, 0.5) is 0 Å². The molecule has 1 aliphatic carbocycles. The number of carbonyl (C=O) groups is 3. The van der Waals surface area contributed by atoms with Gasteiger partial charge in [-0.3, -0.25) is 14.6 Å². The first-order valence-corrected chi connectivity index (χ1v) is 7.74. The molecule has 2 amide bonds. The minimum absolute atomic E-state index is 0.0804. The number of hydroxylamine groups is 2. The van der Waals surface area contributed by atoms with Crippen molar-refractivity contribution in [2.24, 2.45) is 5.92 Å². The van der Waals surface area contributed by atoms with Crippen LogP contribution in [0.15, 0.2) is 42.7 Å². The van der Waals surface area contributed by atoms with E-state index in [1.54, 1.807) is 24.4 Å². The number of amides is 2. The Morgan fingerprint density at radius 1 is 1.17 bits per heavy atom. The van der Waals surface area contributed by atoms with Gasteiger partial charge in [-0.1, -0.05) is 28.8 Å². The number of nitrogens with zero attached hydrogens (tertiary/aromatic N) is 2. The van der Waals surface area contributed by atoms with Gasteiger partial charge in [-0.2, -0.15) is 0 Å². The van der Waals surface area contributed by atoms with Gasteiger partial charge in [0.1, 0.15) is 0 Å². The number of benzene rings is 1. The summed E-state index contributed by atoms with van der Waals surface area (Å²) in [7, 11) is 0. The van der Waals surface area contributed by atoms with Crippen molar-refractivity contribution in [3.8, 4) is 0 Å². The number of hydrogen-bond donors (Lipinski definition) is 0. The van der Waals surface area contributed by atoms with E-state index < -0.39 is 23.7 Å². The Morgan fingerprint density at radius 3 is 2.46 bits per heavy atom. The van der Waals surface area contributed by atoms with Gasteiger partial charge >= 0.3 is 5.97 Å². The Bertz CT molecular complexity index is 847. The summed E-state index contributed by atoms with van der Waals surface area (Å²) >= 11 is 6.07. The van der Waals surface area contributed by atoms with Gasteiger partial charge in [0.2, 0.25) is 0 Å². The Labute approximate surface area is 142 Å². The molecule has 7 heteroatoms. The number of imide groups is 1. The summed E-state index contributed by atoms with van der Waals surface area (Å²) < 4.78 is 0. The minimum atomic E-state index is -0.622. The predicted molar refractivity (Wildman–Crippen MR) is 83.1 cm³/mol. The number of pyridine rings is 1. The molecule has 2 aromatic rings. The van der Waals surface area contributed by atoms with Crippen LogP contribution in [0.25, 0.3) is 0 Å². The van der Waals surface area contributed by atoms with E-state index >= 15 is 0 Å². The number of aromatic nitrogens is 1. The molecule has 2 atom stereocenters. The summed E-state index contributed by atoms with van der Waals surface area (Å²) in [5.74, 6) is -2.36. The summed E-state index contributed by atoms with van der Waals surface area (Å²) in [4.78, 5) is 45.6. The molecule has 0 unspecified atom stereocenters. The fourth-order valence-corrected chi connectivity index (χ4v) is 3.15. The van der Waals surface area contributed by atoms with Crippen LogP contribution >= 0.6 is 11.6 Å². The largest absolute Gasteiger partial charge is 0.336 e. The van der Waals surface area contributed by atoms with Gasteiger partial charge < -0.3 is 4.84 Å². The predicted octanol–water partition coefficient (Wildman–Crippen LogP) is 2.59. The van der Waals surface area contributed by atoms with E-state index in [0.717, 1.165) is 5.56 Å². The second kappa shape index (κ2) is 5.42. The zero-order chi connectivity index (χ0) is 16.8. The van der Waals surface area contributed by atoms with Crippen molar-refractivity contribution < 1.29 is 19.2 Å². The number of carbonyl (C=O) groups excluding carboxylic acids is 3. The van der Waals surface area contributed by atoms with Crippen molar-refractivity contribution >= 4 is 29.4 Å². The normalized spacial score (nSPS) is 21.6. The summed E-state index contributed by atoms with van der Waals surface area (Å²) in [5.41, 5.74) is 1.29. The van der Waals surface area contributed by atoms with Crippen LogP contribution in [0.1, 0.15) is 38.6 Å². The van der Waals surface area contributed by atoms with E-state index in [-0.39, 0.29) is 17.0 Å². The van der Waals surface area contributed by atoms with Gasteiger partial charge in [0, 0.05) is 12.4 Å². The van der Waals surface area contributed by atoms with Gasteiger partial charge in [-0.05, 0) is 36.1 Å². The van der Waals surface area contributed by atoms with Crippen LogP contribution in [0.5, 0.6) is 0 Å². The van der Waals surface area contributed by atoms with Crippen LogP contribution in [-0.2, 0) is 9.63 Å². The lowest BCUT2D eigenvalue weighted by molar-refractivity contribution is -0.170. The van der Waals surface area contributed by atoms with E-state index in [2.05, 4.69) is 4.98 Å². The van der Waals surface area contributed by atoms with Gasteiger partial charge in [0.25, 0.3) is 11.8 Å². The van der Waals surface area contributed by atoms with E-state index in [4.69, 9.17) is 16.4 Å². The van der Waals surface area contributed by atoms with Gasteiger partial charge in [0.15, 0.2) is 0 Å². The summed E-state index contributed by atoms with van der Waals surface area (Å²) in [6.45, 7) is 0. The van der Waals surface area contributed by atoms with Crippen LogP contribution < -0.4 is 0 Å². The van der Waals surface area contributed by atoms with E-state index in [1.807, 2.05) is 0 Å². The third-order valence-corrected chi connectivity index (χ3v) is 4.55. The summed E-state index contributed by atoms with van der Waals surface area (Å²) in [6.07, 6.45) is 3.68. The lowest BCUT2D eigenvalue weighted by Gasteiger charge is -2.12. The van der Waals surface area contributed by atoms with Gasteiger partial charge in [0.05, 0.1) is 22.1 Å². The monoisotopic (exact) mass is 342 g/mol. The second-order valence-electron chi connectivity index (χ2n) is 5.71. The molecule has 1 aromatic heterocycles. The quantitative estimate of drug-likeness (QED) is 0.801. The average Bonchev–Trinajstić information content (AvgIpc) is 3.35. The highest BCUT2D eigenvalue weighted by atomic mass is 35.5. The zero-order valence-corrected chi connectivity index (χ0v) is 13.1. The molecule has 0 radical (unpaired) electrons. The van der Waals surface area contributed by atoms with Crippen molar-refractivity contribution in [2.75, 3.05) is 0 Å². The highest BCUT2D eigenvalue weighted by molar-refractivity contribution is 6.31. The molecule has 2 aliphatic rings. The SMILES string of the molecule is O=C(ON1C(=O)c2ccccc2C1=O)[C@@H]1C[C@H]1c1ccncc1Cl. The Kier molecular flexibility index (Phi) is 3.35. The molecule has 0 N–H and O–H groups in total. The molecular formula is C17H11ClN2O4. The lowest BCUT2D eigenvalue weighted by atomic mass is 10.1. The molecule has 1 saturated carbocycles. The standard InChI is InChI=1S/C17H11ClN2O4/c18-14-8-19-6-5-9(14)12-7-13(12)17(23)24-20-15(21)10-3-1-2-4-11(10)16(20)22/h1-6,8,12-13H,7H2/t12-,13+/m0/s1. The molecule has 6 nitrogen and oxygen atoms in total. The molecule has 0 saturated heterocycles. The van der Waals surface area contributed by atoms with E-state index in [0.29, 0.717) is 16.5 Å². The van der Waals surface area contributed by atoms with Crippen LogP contribution in [0.3, 0.4) is 0 Å². The highest BCUT2D eigenvalue weighted by Crippen LogP contribution is 2.50. The summed E-state index contributed by atoms with van der Waals surface area (Å²) in [6, 6.07) is 8.11. The second-order valence-corrected chi connectivity index (χ2v) is 6.11. The fourth-order valence-electron chi connectivity index (χ4n) is 2.89. The zero-order valence-electron chi connectivity index (χ0n) is 12.3. The van der Waals surface area contributed by atoms with Crippen molar-refractivity contribution in [2.45, 2.75) is 12.3 Å². The van der Waals surface area contributed by atoms with E-state index in [1.165, 1.54) is 18.3 Å². The van der Waals surface area contributed by atoms with Gasteiger partial charge in [-0.25, -0.2) is 4.79 Å². The van der Waals surface area contributed by atoms with Crippen LogP contribution in [0.2, 0.25) is 5.02 Å². The maximum atomic E-state index is 12.3. The minimum Gasteiger partial charge on any atom is -0.329 e. The molecule has 1 aromatic carbocycles. The molecule has 24 heavy (non-hydrogen) atoms. The molecule has 1 fully saturated rings. The van der Waals surface area contributed by atoms with Crippen LogP contribution in [0, 0.1) is 5.92 Å². The first kappa shape index (κ1) is 14.8.